The van der Waals surface area contributed by atoms with Gasteiger partial charge in [0.15, 0.2) is 0 Å². The molecule has 0 atom stereocenters. The van der Waals surface area contributed by atoms with Crippen molar-refractivity contribution in [3.05, 3.63) is 23.7 Å². The van der Waals surface area contributed by atoms with E-state index < -0.39 is 5.97 Å². The van der Waals surface area contributed by atoms with Gasteiger partial charge in [-0.2, -0.15) is 0 Å². The van der Waals surface area contributed by atoms with Gasteiger partial charge >= 0.3 is 5.97 Å². The molecule has 13 heavy (non-hydrogen) atoms. The van der Waals surface area contributed by atoms with Gasteiger partial charge < -0.3 is 9.52 Å². The topological polar surface area (TPSA) is 50.4 Å². The maximum atomic E-state index is 10.6. The zero-order valence-electron chi connectivity index (χ0n) is 7.12. The second-order valence-electron chi connectivity index (χ2n) is 2.71. The van der Waals surface area contributed by atoms with Crippen LogP contribution in [0.1, 0.15) is 29.0 Å². The summed E-state index contributed by atoms with van der Waals surface area (Å²) < 4.78 is 5.05. The van der Waals surface area contributed by atoms with Gasteiger partial charge in [-0.25, -0.2) is 4.79 Å². The van der Waals surface area contributed by atoms with E-state index in [4.69, 9.17) is 21.1 Å². The predicted molar refractivity (Wildman–Crippen MR) is 49.3 cm³/mol. The summed E-state index contributed by atoms with van der Waals surface area (Å²) in [6, 6.07) is 1.47. The Hall–Kier alpha value is -0.960. The number of carboxylic acid groups (broad SMARTS) is 1. The molecule has 1 heterocycles. The first-order chi connectivity index (χ1) is 6.25. The minimum Gasteiger partial charge on any atom is -0.478 e. The van der Waals surface area contributed by atoms with Crippen LogP contribution >= 0.6 is 11.6 Å². The standard InChI is InChI=1S/C9H11ClO3/c10-5-2-1-3-8-7(9(11)12)4-6-13-8/h4,6H,1-3,5H2,(H,11,12). The third kappa shape index (κ3) is 2.77. The fourth-order valence-electron chi connectivity index (χ4n) is 1.10. The van der Waals surface area contributed by atoms with Gasteiger partial charge in [0.1, 0.15) is 11.3 Å². The Labute approximate surface area is 81.3 Å². The Bertz CT molecular complexity index is 280. The molecule has 0 aromatic carbocycles. The number of aromatic carboxylic acids is 1. The molecule has 0 saturated heterocycles. The van der Waals surface area contributed by atoms with E-state index in [-0.39, 0.29) is 5.56 Å². The Morgan fingerprint density at radius 2 is 2.31 bits per heavy atom. The third-order valence-corrected chi connectivity index (χ3v) is 2.03. The van der Waals surface area contributed by atoms with Gasteiger partial charge in [0, 0.05) is 12.3 Å². The highest BCUT2D eigenvalue weighted by molar-refractivity contribution is 6.17. The molecule has 1 aromatic rings. The van der Waals surface area contributed by atoms with E-state index in [1.54, 1.807) is 0 Å². The SMILES string of the molecule is O=C(O)c1ccoc1CCCCCl. The van der Waals surface area contributed by atoms with Crippen LogP contribution in [0.15, 0.2) is 16.7 Å². The van der Waals surface area contributed by atoms with E-state index in [1.165, 1.54) is 12.3 Å². The molecule has 0 spiro atoms. The summed E-state index contributed by atoms with van der Waals surface area (Å²) in [5.74, 6) is 0.204. The summed E-state index contributed by atoms with van der Waals surface area (Å²) in [4.78, 5) is 10.6. The molecular formula is C9H11ClO3. The van der Waals surface area contributed by atoms with Crippen molar-refractivity contribution < 1.29 is 14.3 Å². The number of rotatable bonds is 5. The van der Waals surface area contributed by atoms with Crippen LogP contribution in [0.3, 0.4) is 0 Å². The van der Waals surface area contributed by atoms with Gasteiger partial charge in [-0.15, -0.1) is 11.6 Å². The van der Waals surface area contributed by atoms with Gasteiger partial charge in [0.05, 0.1) is 6.26 Å². The number of unbranched alkanes of at least 4 members (excludes halogenated alkanes) is 1. The smallest absolute Gasteiger partial charge is 0.339 e. The average Bonchev–Trinajstić information content (AvgIpc) is 2.53. The molecule has 1 aromatic heterocycles. The molecular weight excluding hydrogens is 192 g/mol. The van der Waals surface area contributed by atoms with Crippen molar-refractivity contribution in [1.29, 1.82) is 0 Å². The first kappa shape index (κ1) is 10.1. The number of hydrogen-bond acceptors (Lipinski definition) is 2. The van der Waals surface area contributed by atoms with Crippen LogP contribution in [0.5, 0.6) is 0 Å². The monoisotopic (exact) mass is 202 g/mol. The highest BCUT2D eigenvalue weighted by Gasteiger charge is 2.11. The van der Waals surface area contributed by atoms with Crippen molar-refractivity contribution in [3.8, 4) is 0 Å². The maximum absolute atomic E-state index is 10.6. The van der Waals surface area contributed by atoms with Crippen LogP contribution in [0.2, 0.25) is 0 Å². The quantitative estimate of drug-likeness (QED) is 0.590. The van der Waals surface area contributed by atoms with E-state index in [0.29, 0.717) is 18.1 Å². The van der Waals surface area contributed by atoms with Crippen LogP contribution < -0.4 is 0 Å². The van der Waals surface area contributed by atoms with Gasteiger partial charge in [-0.1, -0.05) is 0 Å². The molecule has 1 rings (SSSR count). The molecule has 1 N–H and O–H groups in total. The van der Waals surface area contributed by atoms with Crippen molar-refractivity contribution in [1.82, 2.24) is 0 Å². The minimum atomic E-state index is -0.936. The van der Waals surface area contributed by atoms with E-state index in [9.17, 15) is 4.79 Å². The van der Waals surface area contributed by atoms with Crippen molar-refractivity contribution in [3.63, 3.8) is 0 Å². The molecule has 0 aliphatic heterocycles. The zero-order chi connectivity index (χ0) is 9.68. The lowest BCUT2D eigenvalue weighted by Crippen LogP contribution is -1.98. The molecule has 0 bridgehead atoms. The maximum Gasteiger partial charge on any atom is 0.339 e. The van der Waals surface area contributed by atoms with E-state index in [0.717, 1.165) is 12.8 Å². The van der Waals surface area contributed by atoms with Gasteiger partial charge in [0.2, 0.25) is 0 Å². The third-order valence-electron chi connectivity index (χ3n) is 1.76. The second kappa shape index (κ2) is 4.92. The number of alkyl halides is 1. The summed E-state index contributed by atoms with van der Waals surface area (Å²) in [5.41, 5.74) is 0.259. The van der Waals surface area contributed by atoms with Crippen LogP contribution in [0.25, 0.3) is 0 Å². The van der Waals surface area contributed by atoms with Crippen molar-refractivity contribution >= 4 is 17.6 Å². The Kier molecular flexibility index (Phi) is 3.83. The lowest BCUT2D eigenvalue weighted by atomic mass is 10.1. The molecule has 0 radical (unpaired) electrons. The molecule has 72 valence electrons. The summed E-state index contributed by atoms with van der Waals surface area (Å²) in [7, 11) is 0. The lowest BCUT2D eigenvalue weighted by Gasteiger charge is -1.96. The molecule has 0 aliphatic rings. The van der Waals surface area contributed by atoms with Gasteiger partial charge in [0.25, 0.3) is 0 Å². The Balaban J connectivity index is 2.55. The largest absolute Gasteiger partial charge is 0.478 e. The van der Waals surface area contributed by atoms with E-state index >= 15 is 0 Å². The van der Waals surface area contributed by atoms with Crippen LogP contribution in [0, 0.1) is 0 Å². The van der Waals surface area contributed by atoms with Crippen LogP contribution in [-0.4, -0.2) is 17.0 Å². The normalized spacial score (nSPS) is 10.2. The minimum absolute atomic E-state index is 0.259. The fourth-order valence-corrected chi connectivity index (χ4v) is 1.29. The molecule has 4 heteroatoms. The van der Waals surface area contributed by atoms with E-state index in [1.807, 2.05) is 0 Å². The number of hydrogen-bond donors (Lipinski definition) is 1. The number of furan rings is 1. The van der Waals surface area contributed by atoms with Gasteiger partial charge in [-0.05, 0) is 18.9 Å². The summed E-state index contributed by atoms with van der Waals surface area (Å²) in [6.07, 6.45) is 3.78. The first-order valence-electron chi connectivity index (χ1n) is 4.11. The average molecular weight is 203 g/mol. The Morgan fingerprint density at radius 1 is 1.54 bits per heavy atom. The fraction of sp³-hybridized carbons (Fsp3) is 0.444. The molecule has 0 aliphatic carbocycles. The van der Waals surface area contributed by atoms with Crippen molar-refractivity contribution in [2.45, 2.75) is 19.3 Å². The summed E-state index contributed by atoms with van der Waals surface area (Å²) in [6.45, 7) is 0. The highest BCUT2D eigenvalue weighted by Crippen LogP contribution is 2.13. The van der Waals surface area contributed by atoms with E-state index in [2.05, 4.69) is 0 Å². The van der Waals surface area contributed by atoms with Crippen molar-refractivity contribution in [2.24, 2.45) is 0 Å². The Morgan fingerprint density at radius 3 is 2.92 bits per heavy atom. The second-order valence-corrected chi connectivity index (χ2v) is 3.09. The zero-order valence-corrected chi connectivity index (χ0v) is 7.88. The van der Waals surface area contributed by atoms with Gasteiger partial charge in [-0.3, -0.25) is 0 Å². The number of halogens is 1. The van der Waals surface area contributed by atoms with Crippen LogP contribution in [0.4, 0.5) is 0 Å². The highest BCUT2D eigenvalue weighted by atomic mass is 35.5. The molecule has 0 saturated carbocycles. The lowest BCUT2D eigenvalue weighted by molar-refractivity contribution is 0.0694. The van der Waals surface area contributed by atoms with Crippen LogP contribution in [-0.2, 0) is 6.42 Å². The molecule has 3 nitrogen and oxygen atoms in total. The van der Waals surface area contributed by atoms with Crippen molar-refractivity contribution in [2.75, 3.05) is 5.88 Å². The number of carboxylic acids is 1. The molecule has 0 amide bonds. The number of aryl methyl sites for hydroxylation is 1. The summed E-state index contributed by atoms with van der Waals surface area (Å²) >= 11 is 5.50. The molecule has 0 unspecified atom stereocenters. The predicted octanol–water partition coefficient (Wildman–Crippen LogP) is 2.54. The first-order valence-corrected chi connectivity index (χ1v) is 4.64. The molecule has 0 fully saturated rings. The summed E-state index contributed by atoms with van der Waals surface area (Å²) in [5, 5.41) is 8.73. The number of carbonyl (C=O) groups is 1.